The number of aryl methyl sites for hydroxylation is 1. The Kier molecular flexibility index (Phi) is 6.85. The Hall–Kier alpha value is -4.08. The second-order valence-electron chi connectivity index (χ2n) is 9.87. The molecule has 1 aliphatic rings. The highest BCUT2D eigenvalue weighted by Gasteiger charge is 2.32. The van der Waals surface area contributed by atoms with Crippen LogP contribution in [0.4, 0.5) is 0 Å². The first kappa shape index (κ1) is 24.3. The number of H-pyrrole nitrogens is 1. The van der Waals surface area contributed by atoms with Crippen molar-refractivity contribution in [3.8, 4) is 0 Å². The van der Waals surface area contributed by atoms with Gasteiger partial charge in [-0.05, 0) is 71.5 Å². The lowest BCUT2D eigenvalue weighted by molar-refractivity contribution is 0.0901. The molecule has 1 saturated heterocycles. The van der Waals surface area contributed by atoms with Crippen molar-refractivity contribution in [1.29, 1.82) is 0 Å². The van der Waals surface area contributed by atoms with Crippen molar-refractivity contribution in [2.24, 2.45) is 0 Å². The summed E-state index contributed by atoms with van der Waals surface area (Å²) in [6.07, 6.45) is 3.69. The number of pyridine rings is 1. The lowest BCUT2D eigenvalue weighted by atomic mass is 10.0. The molecule has 0 unspecified atom stereocenters. The van der Waals surface area contributed by atoms with Gasteiger partial charge in [0.2, 0.25) is 0 Å². The molecule has 194 valence electrons. The summed E-state index contributed by atoms with van der Waals surface area (Å²) >= 11 is 0. The number of aromatic nitrogens is 5. The molecule has 3 aromatic heterocycles. The zero-order valence-electron chi connectivity index (χ0n) is 21.3. The van der Waals surface area contributed by atoms with Gasteiger partial charge in [0.1, 0.15) is 11.8 Å². The van der Waals surface area contributed by atoms with Crippen LogP contribution in [0, 0.1) is 6.92 Å². The van der Waals surface area contributed by atoms with Crippen LogP contribution in [0.2, 0.25) is 0 Å². The predicted octanol–water partition coefficient (Wildman–Crippen LogP) is 4.39. The van der Waals surface area contributed by atoms with E-state index in [1.54, 1.807) is 10.9 Å². The molecule has 0 bridgehead atoms. The van der Waals surface area contributed by atoms with Crippen molar-refractivity contribution in [3.63, 3.8) is 0 Å². The van der Waals surface area contributed by atoms with Gasteiger partial charge in [0.15, 0.2) is 5.82 Å². The number of tetrazole rings is 1. The number of fused-ring (bicyclic) bond motifs is 1. The molecular formula is C29H30N6O3. The van der Waals surface area contributed by atoms with Crippen LogP contribution in [0.15, 0.2) is 82.2 Å². The van der Waals surface area contributed by atoms with E-state index in [0.717, 1.165) is 47.2 Å². The summed E-state index contributed by atoms with van der Waals surface area (Å²) in [6, 6.07) is 21.5. The minimum absolute atomic E-state index is 0.0445. The molecule has 1 N–H and O–H groups in total. The van der Waals surface area contributed by atoms with Gasteiger partial charge in [-0.25, -0.2) is 4.68 Å². The van der Waals surface area contributed by atoms with Crippen molar-refractivity contribution >= 4 is 10.9 Å². The Morgan fingerprint density at radius 3 is 2.79 bits per heavy atom. The molecule has 38 heavy (non-hydrogen) atoms. The first-order valence-electron chi connectivity index (χ1n) is 13.0. The van der Waals surface area contributed by atoms with Crippen LogP contribution in [0.1, 0.15) is 47.2 Å². The molecule has 2 atom stereocenters. The summed E-state index contributed by atoms with van der Waals surface area (Å²) in [5.41, 5.74) is 3.43. The summed E-state index contributed by atoms with van der Waals surface area (Å²) in [7, 11) is 0. The number of hydrogen-bond donors (Lipinski definition) is 1. The van der Waals surface area contributed by atoms with Crippen molar-refractivity contribution in [1.82, 2.24) is 30.1 Å². The Labute approximate surface area is 220 Å². The van der Waals surface area contributed by atoms with Crippen LogP contribution in [0.3, 0.4) is 0 Å². The van der Waals surface area contributed by atoms with Crippen LogP contribution in [-0.2, 0) is 24.4 Å². The number of hydrogen-bond acceptors (Lipinski definition) is 7. The molecular weight excluding hydrogens is 480 g/mol. The van der Waals surface area contributed by atoms with Gasteiger partial charge in [-0.2, -0.15) is 0 Å². The maximum absolute atomic E-state index is 13.7. The average Bonchev–Trinajstić information content (AvgIpc) is 3.70. The molecule has 6 rings (SSSR count). The molecule has 0 saturated carbocycles. The molecule has 9 nitrogen and oxygen atoms in total. The van der Waals surface area contributed by atoms with E-state index in [1.165, 1.54) is 0 Å². The minimum atomic E-state index is -0.537. The SMILES string of the molecule is Cc1ccc2[nH]c(=O)c([C@H](c3nnnn3C[C@H]3CCCO3)N(Cc3ccccc3)Cc3ccco3)cc2c1. The van der Waals surface area contributed by atoms with Gasteiger partial charge in [-0.15, -0.1) is 5.10 Å². The molecule has 2 aromatic carbocycles. The predicted molar refractivity (Wildman–Crippen MR) is 142 cm³/mol. The van der Waals surface area contributed by atoms with Crippen LogP contribution in [0.25, 0.3) is 10.9 Å². The van der Waals surface area contributed by atoms with Gasteiger partial charge in [-0.1, -0.05) is 42.0 Å². The lowest BCUT2D eigenvalue weighted by Crippen LogP contribution is -2.35. The number of rotatable bonds is 9. The summed E-state index contributed by atoms with van der Waals surface area (Å²) in [5, 5.41) is 13.8. The standard InChI is InChI=1S/C29H30N6O3/c1-20-11-12-26-22(15-20)16-25(29(36)30-26)27(28-31-32-33-35(28)19-24-10-6-14-38-24)34(18-23-9-5-13-37-23)17-21-7-3-2-4-8-21/h2-5,7-9,11-13,15-16,24,27H,6,10,14,17-19H2,1H3,(H,30,36)/t24-,27-/m1/s1. The monoisotopic (exact) mass is 510 g/mol. The van der Waals surface area contributed by atoms with E-state index >= 15 is 0 Å². The van der Waals surface area contributed by atoms with E-state index in [1.807, 2.05) is 55.5 Å². The first-order valence-corrected chi connectivity index (χ1v) is 13.0. The van der Waals surface area contributed by atoms with Gasteiger partial charge >= 0.3 is 0 Å². The Morgan fingerprint density at radius 1 is 1.11 bits per heavy atom. The average molecular weight is 511 g/mol. The smallest absolute Gasteiger partial charge is 0.253 e. The topological polar surface area (TPSA) is 102 Å². The molecule has 0 aliphatic carbocycles. The van der Waals surface area contributed by atoms with Crippen molar-refractivity contribution < 1.29 is 9.15 Å². The second-order valence-corrected chi connectivity index (χ2v) is 9.87. The molecule has 9 heteroatoms. The third-order valence-corrected chi connectivity index (χ3v) is 7.06. The third-order valence-electron chi connectivity index (χ3n) is 7.06. The number of nitrogens with one attached hydrogen (secondary N) is 1. The summed E-state index contributed by atoms with van der Waals surface area (Å²) in [6.45, 7) is 4.34. The van der Waals surface area contributed by atoms with Crippen LogP contribution in [-0.4, -0.2) is 42.8 Å². The summed E-state index contributed by atoms with van der Waals surface area (Å²) < 4.78 is 13.4. The van der Waals surface area contributed by atoms with Gasteiger partial charge in [0, 0.05) is 24.2 Å². The zero-order chi connectivity index (χ0) is 25.9. The summed E-state index contributed by atoms with van der Waals surface area (Å²) in [5.74, 6) is 1.39. The largest absolute Gasteiger partial charge is 0.468 e. The van der Waals surface area contributed by atoms with Crippen molar-refractivity contribution in [2.45, 2.75) is 51.5 Å². The highest BCUT2D eigenvalue weighted by atomic mass is 16.5. The third kappa shape index (κ3) is 5.16. The van der Waals surface area contributed by atoms with Crippen molar-refractivity contribution in [3.05, 3.63) is 112 Å². The maximum atomic E-state index is 13.7. The lowest BCUT2D eigenvalue weighted by Gasteiger charge is -2.30. The summed E-state index contributed by atoms with van der Waals surface area (Å²) in [4.78, 5) is 18.9. The highest BCUT2D eigenvalue weighted by Crippen LogP contribution is 2.31. The van der Waals surface area contributed by atoms with Crippen LogP contribution < -0.4 is 5.56 Å². The molecule has 0 radical (unpaired) electrons. The fourth-order valence-corrected chi connectivity index (χ4v) is 5.22. The van der Waals surface area contributed by atoms with Gasteiger partial charge in [0.25, 0.3) is 5.56 Å². The molecule has 1 aliphatic heterocycles. The van der Waals surface area contributed by atoms with Gasteiger partial charge < -0.3 is 14.1 Å². The fraction of sp³-hybridized carbons (Fsp3) is 0.310. The van der Waals surface area contributed by atoms with E-state index in [0.29, 0.717) is 31.0 Å². The van der Waals surface area contributed by atoms with Gasteiger partial charge in [-0.3, -0.25) is 9.69 Å². The second kappa shape index (κ2) is 10.7. The minimum Gasteiger partial charge on any atom is -0.468 e. The normalized spacial score (nSPS) is 16.4. The van der Waals surface area contributed by atoms with E-state index in [9.17, 15) is 4.79 Å². The molecule has 0 spiro atoms. The van der Waals surface area contributed by atoms with Gasteiger partial charge in [0.05, 0.1) is 25.5 Å². The van der Waals surface area contributed by atoms with E-state index in [-0.39, 0.29) is 11.7 Å². The van der Waals surface area contributed by atoms with E-state index < -0.39 is 6.04 Å². The number of aromatic amines is 1. The molecule has 4 heterocycles. The number of nitrogens with zero attached hydrogens (tertiary/aromatic N) is 5. The Balaban J connectivity index is 1.50. The first-order chi connectivity index (χ1) is 18.6. The van der Waals surface area contributed by atoms with E-state index in [2.05, 4.69) is 43.6 Å². The quantitative estimate of drug-likeness (QED) is 0.314. The van der Waals surface area contributed by atoms with Crippen LogP contribution in [0.5, 0.6) is 0 Å². The number of ether oxygens (including phenoxy) is 1. The Bertz CT molecular complexity index is 1550. The highest BCUT2D eigenvalue weighted by molar-refractivity contribution is 5.79. The molecule has 0 amide bonds. The molecule has 5 aromatic rings. The Morgan fingerprint density at radius 2 is 2.00 bits per heavy atom. The fourth-order valence-electron chi connectivity index (χ4n) is 5.22. The van der Waals surface area contributed by atoms with Crippen LogP contribution >= 0.6 is 0 Å². The van der Waals surface area contributed by atoms with Crippen molar-refractivity contribution in [2.75, 3.05) is 6.61 Å². The number of benzene rings is 2. The van der Waals surface area contributed by atoms with E-state index in [4.69, 9.17) is 9.15 Å². The maximum Gasteiger partial charge on any atom is 0.253 e. The number of furan rings is 1. The zero-order valence-corrected chi connectivity index (χ0v) is 21.3. The molecule has 1 fully saturated rings.